The molecule has 3 heteroatoms. The lowest BCUT2D eigenvalue weighted by atomic mass is 9.98. The zero-order chi connectivity index (χ0) is 11.8. The molecule has 1 aliphatic rings. The monoisotopic (exact) mass is 228 g/mol. The van der Waals surface area contributed by atoms with Gasteiger partial charge in [0.15, 0.2) is 0 Å². The lowest BCUT2D eigenvalue weighted by Crippen LogP contribution is -2.13. The van der Waals surface area contributed by atoms with E-state index in [9.17, 15) is 5.11 Å². The molecule has 3 rings (SSSR count). The van der Waals surface area contributed by atoms with Crippen molar-refractivity contribution >= 4 is 0 Å². The van der Waals surface area contributed by atoms with Gasteiger partial charge >= 0.3 is 0 Å². The van der Waals surface area contributed by atoms with Crippen LogP contribution in [0.2, 0.25) is 0 Å². The number of aromatic hydroxyl groups is 1. The molecule has 2 heterocycles. The van der Waals surface area contributed by atoms with Gasteiger partial charge in [0.25, 0.3) is 0 Å². The fourth-order valence-electron chi connectivity index (χ4n) is 2.60. The molecule has 1 aliphatic heterocycles. The summed E-state index contributed by atoms with van der Waals surface area (Å²) in [5.41, 5.74) is 2.11. The molecule has 1 aromatic heterocycles. The van der Waals surface area contributed by atoms with Gasteiger partial charge in [-0.3, -0.25) is 0 Å². The van der Waals surface area contributed by atoms with Gasteiger partial charge in [-0.1, -0.05) is 19.1 Å². The highest BCUT2D eigenvalue weighted by Gasteiger charge is 2.21. The first-order chi connectivity index (χ1) is 8.27. The molecule has 2 aromatic rings. The summed E-state index contributed by atoms with van der Waals surface area (Å²) in [6, 6.07) is 7.40. The second kappa shape index (κ2) is 3.91. The molecule has 1 atom stereocenters. The van der Waals surface area contributed by atoms with Crippen LogP contribution in [0.5, 0.6) is 5.75 Å². The lowest BCUT2D eigenvalue weighted by Gasteiger charge is -2.22. The van der Waals surface area contributed by atoms with Crippen LogP contribution in [0.15, 0.2) is 30.5 Å². The van der Waals surface area contributed by atoms with Crippen molar-refractivity contribution in [3.05, 3.63) is 36.2 Å². The predicted octanol–water partition coefficient (Wildman–Crippen LogP) is 3.15. The molecule has 88 valence electrons. The first-order valence-corrected chi connectivity index (χ1v) is 6.11. The Balaban J connectivity index is 2.14. The third-order valence-corrected chi connectivity index (χ3v) is 3.56. The second-order valence-corrected chi connectivity index (χ2v) is 4.72. The average Bonchev–Trinajstić information content (AvgIpc) is 2.75. The van der Waals surface area contributed by atoms with Crippen molar-refractivity contribution in [3.8, 4) is 17.1 Å². The average molecular weight is 228 g/mol. The third-order valence-electron chi connectivity index (χ3n) is 3.56. The number of imidazole rings is 1. The predicted molar refractivity (Wildman–Crippen MR) is 67.0 cm³/mol. The van der Waals surface area contributed by atoms with E-state index in [-0.39, 0.29) is 0 Å². The van der Waals surface area contributed by atoms with Crippen molar-refractivity contribution in [2.24, 2.45) is 0 Å². The minimum absolute atomic E-state index is 0.305. The molecule has 0 spiro atoms. The number of phenolic OH excluding ortho intramolecular Hbond substituents is 1. The van der Waals surface area contributed by atoms with Gasteiger partial charge in [-0.25, -0.2) is 4.98 Å². The minimum Gasteiger partial charge on any atom is -0.507 e. The van der Waals surface area contributed by atoms with E-state index in [0.29, 0.717) is 11.7 Å². The molecule has 17 heavy (non-hydrogen) atoms. The van der Waals surface area contributed by atoms with Gasteiger partial charge in [0.2, 0.25) is 0 Å². The van der Waals surface area contributed by atoms with E-state index in [1.807, 2.05) is 24.4 Å². The van der Waals surface area contributed by atoms with Crippen molar-refractivity contribution in [1.29, 1.82) is 0 Å². The van der Waals surface area contributed by atoms with Crippen LogP contribution in [-0.2, 0) is 6.54 Å². The summed E-state index contributed by atoms with van der Waals surface area (Å²) in [7, 11) is 0. The summed E-state index contributed by atoms with van der Waals surface area (Å²) in [5.74, 6) is 1.76. The Kier molecular flexibility index (Phi) is 2.39. The van der Waals surface area contributed by atoms with Crippen LogP contribution in [0.3, 0.4) is 0 Å². The number of benzene rings is 1. The summed E-state index contributed by atoms with van der Waals surface area (Å²) in [5, 5.41) is 9.90. The van der Waals surface area contributed by atoms with Gasteiger partial charge in [-0.15, -0.1) is 0 Å². The van der Waals surface area contributed by atoms with Crippen molar-refractivity contribution in [3.63, 3.8) is 0 Å². The Labute approximate surface area is 101 Å². The number of nitrogens with zero attached hydrogens (tertiary/aromatic N) is 2. The lowest BCUT2D eigenvalue weighted by molar-refractivity contribution is 0.468. The van der Waals surface area contributed by atoms with Crippen molar-refractivity contribution in [2.45, 2.75) is 32.2 Å². The molecule has 0 bridgehead atoms. The van der Waals surface area contributed by atoms with Gasteiger partial charge in [0.05, 0.1) is 5.56 Å². The van der Waals surface area contributed by atoms with Gasteiger partial charge in [-0.05, 0) is 30.9 Å². The van der Waals surface area contributed by atoms with Crippen molar-refractivity contribution in [2.75, 3.05) is 0 Å². The molecular weight excluding hydrogens is 212 g/mol. The van der Waals surface area contributed by atoms with E-state index >= 15 is 0 Å². The number of hydrogen-bond donors (Lipinski definition) is 1. The highest BCUT2D eigenvalue weighted by Crippen LogP contribution is 2.34. The highest BCUT2D eigenvalue weighted by atomic mass is 16.3. The topological polar surface area (TPSA) is 38.0 Å². The molecule has 0 aliphatic carbocycles. The molecule has 3 nitrogen and oxygen atoms in total. The first-order valence-electron chi connectivity index (χ1n) is 6.11. The molecule has 1 N–H and O–H groups in total. The standard InChI is InChI=1S/C14H16N2O/c1-10-5-4-8-16-12(10)9-15-14(16)11-6-2-3-7-13(11)17/h2-3,6-7,9-10,17H,4-5,8H2,1H3. The summed E-state index contributed by atoms with van der Waals surface area (Å²) in [6.45, 7) is 3.24. The van der Waals surface area contributed by atoms with Gasteiger partial charge in [0.1, 0.15) is 11.6 Å². The van der Waals surface area contributed by atoms with E-state index < -0.39 is 0 Å². The van der Waals surface area contributed by atoms with Crippen LogP contribution in [-0.4, -0.2) is 14.7 Å². The Bertz CT molecular complexity index is 545. The van der Waals surface area contributed by atoms with Crippen LogP contribution in [0.4, 0.5) is 0 Å². The first kappa shape index (κ1) is 10.4. The van der Waals surface area contributed by atoms with E-state index in [1.54, 1.807) is 6.07 Å². The van der Waals surface area contributed by atoms with Crippen molar-refractivity contribution < 1.29 is 5.11 Å². The molecule has 1 unspecified atom stereocenters. The van der Waals surface area contributed by atoms with Crippen LogP contribution < -0.4 is 0 Å². The molecular formula is C14H16N2O. The number of aromatic nitrogens is 2. The maximum atomic E-state index is 9.90. The third kappa shape index (κ3) is 1.62. The summed E-state index contributed by atoms with van der Waals surface area (Å²) in [4.78, 5) is 4.48. The second-order valence-electron chi connectivity index (χ2n) is 4.72. The maximum Gasteiger partial charge on any atom is 0.143 e. The SMILES string of the molecule is CC1CCCn2c1cnc2-c1ccccc1O. The Morgan fingerprint density at radius 2 is 2.18 bits per heavy atom. The molecule has 0 fully saturated rings. The smallest absolute Gasteiger partial charge is 0.143 e. The Hall–Kier alpha value is -1.77. The number of para-hydroxylation sites is 1. The molecule has 1 aromatic carbocycles. The zero-order valence-corrected chi connectivity index (χ0v) is 9.93. The van der Waals surface area contributed by atoms with Crippen LogP contribution in [0.1, 0.15) is 31.4 Å². The fourth-order valence-corrected chi connectivity index (χ4v) is 2.60. The molecule has 0 saturated heterocycles. The van der Waals surface area contributed by atoms with Crippen molar-refractivity contribution in [1.82, 2.24) is 9.55 Å². The number of fused-ring (bicyclic) bond motifs is 1. The minimum atomic E-state index is 0.305. The summed E-state index contributed by atoms with van der Waals surface area (Å²) < 4.78 is 2.24. The molecule has 0 radical (unpaired) electrons. The quantitative estimate of drug-likeness (QED) is 0.814. The van der Waals surface area contributed by atoms with Gasteiger partial charge in [0, 0.05) is 18.4 Å². The molecule has 0 saturated carbocycles. The zero-order valence-electron chi connectivity index (χ0n) is 9.93. The van der Waals surface area contributed by atoms with Crippen LogP contribution in [0.25, 0.3) is 11.4 Å². The summed E-state index contributed by atoms with van der Waals surface area (Å²) in [6.07, 6.45) is 4.36. The maximum absolute atomic E-state index is 9.90. The van der Waals surface area contributed by atoms with Crippen LogP contribution >= 0.6 is 0 Å². The summed E-state index contributed by atoms with van der Waals surface area (Å²) >= 11 is 0. The Morgan fingerprint density at radius 1 is 1.35 bits per heavy atom. The van der Waals surface area contributed by atoms with E-state index in [4.69, 9.17) is 0 Å². The van der Waals surface area contributed by atoms with E-state index in [0.717, 1.165) is 17.9 Å². The normalized spacial score (nSPS) is 19.0. The largest absolute Gasteiger partial charge is 0.507 e. The van der Waals surface area contributed by atoms with Crippen LogP contribution in [0, 0.1) is 0 Å². The van der Waals surface area contributed by atoms with Gasteiger partial charge < -0.3 is 9.67 Å². The number of hydrogen-bond acceptors (Lipinski definition) is 2. The highest BCUT2D eigenvalue weighted by molar-refractivity contribution is 5.64. The number of rotatable bonds is 1. The van der Waals surface area contributed by atoms with Gasteiger partial charge in [-0.2, -0.15) is 0 Å². The fraction of sp³-hybridized carbons (Fsp3) is 0.357. The van der Waals surface area contributed by atoms with E-state index in [1.165, 1.54) is 18.5 Å². The molecule has 0 amide bonds. The van der Waals surface area contributed by atoms with E-state index in [2.05, 4.69) is 16.5 Å². The number of phenols is 1. The Morgan fingerprint density at radius 3 is 3.00 bits per heavy atom.